The summed E-state index contributed by atoms with van der Waals surface area (Å²) in [5, 5.41) is 3.04. The molecule has 7 heteroatoms. The molecule has 2 rings (SSSR count). The Hall–Kier alpha value is -1.05. The van der Waals surface area contributed by atoms with Gasteiger partial charge in [0.1, 0.15) is 0 Å². The number of nitrogens with one attached hydrogen (secondary N) is 1. The van der Waals surface area contributed by atoms with Crippen LogP contribution in [0.1, 0.15) is 0 Å². The van der Waals surface area contributed by atoms with Crippen molar-refractivity contribution in [2.75, 3.05) is 30.0 Å². The molecule has 0 amide bonds. The lowest BCUT2D eigenvalue weighted by Crippen LogP contribution is -2.24. The molecule has 4 nitrogen and oxygen atoms in total. The van der Waals surface area contributed by atoms with Crippen LogP contribution in [0.5, 0.6) is 0 Å². The van der Waals surface area contributed by atoms with Crippen LogP contribution < -0.4 is 9.62 Å². The van der Waals surface area contributed by atoms with Gasteiger partial charge in [-0.1, -0.05) is 44.0 Å². The summed E-state index contributed by atoms with van der Waals surface area (Å²) in [6.45, 7) is 0. The second-order valence-electron chi connectivity index (χ2n) is 4.47. The third-order valence-electron chi connectivity index (χ3n) is 2.78. The maximum Gasteiger partial charge on any atom is 0.231 e. The molecule has 0 aliphatic carbocycles. The van der Waals surface area contributed by atoms with Gasteiger partial charge in [-0.25, -0.2) is 8.42 Å². The topological polar surface area (TPSA) is 49.4 Å². The van der Waals surface area contributed by atoms with Crippen molar-refractivity contribution in [3.05, 3.63) is 57.5 Å². The van der Waals surface area contributed by atoms with E-state index in [0.29, 0.717) is 5.69 Å². The van der Waals surface area contributed by atoms with Crippen LogP contribution in [-0.4, -0.2) is 28.8 Å². The van der Waals surface area contributed by atoms with Crippen molar-refractivity contribution in [2.45, 2.75) is 0 Å². The number of hydrogen-bond acceptors (Lipinski definition) is 3. The van der Waals surface area contributed by atoms with Crippen molar-refractivity contribution in [1.29, 1.82) is 0 Å². The van der Waals surface area contributed by atoms with Crippen LogP contribution in [0, 0.1) is 0 Å². The largest absolute Gasteiger partial charge is 0.388 e. The molecule has 0 atom stereocenters. The molecule has 0 aliphatic rings. The van der Waals surface area contributed by atoms with Gasteiger partial charge in [-0.15, -0.1) is 0 Å². The SMILES string of the molecule is CN(c1cccc(Br)c1)S(C)(=O)=O.CNc1cccc(Br)c1. The summed E-state index contributed by atoms with van der Waals surface area (Å²) >= 11 is 6.64. The first-order chi connectivity index (χ1) is 10.2. The highest BCUT2D eigenvalue weighted by Crippen LogP contribution is 2.20. The van der Waals surface area contributed by atoms with Gasteiger partial charge in [-0.05, 0) is 36.4 Å². The van der Waals surface area contributed by atoms with E-state index in [2.05, 4.69) is 37.2 Å². The first-order valence-corrected chi connectivity index (χ1v) is 9.80. The van der Waals surface area contributed by atoms with Crippen LogP contribution in [0.4, 0.5) is 11.4 Å². The molecule has 0 radical (unpaired) electrons. The van der Waals surface area contributed by atoms with E-state index < -0.39 is 10.0 Å². The van der Waals surface area contributed by atoms with Gasteiger partial charge < -0.3 is 5.32 Å². The van der Waals surface area contributed by atoms with Gasteiger partial charge in [-0.3, -0.25) is 4.31 Å². The van der Waals surface area contributed by atoms with E-state index in [1.165, 1.54) is 17.6 Å². The molecule has 0 fully saturated rings. The number of rotatable bonds is 3. The van der Waals surface area contributed by atoms with Crippen LogP contribution in [-0.2, 0) is 10.0 Å². The summed E-state index contributed by atoms with van der Waals surface area (Å²) in [7, 11) is 0.269. The quantitative estimate of drug-likeness (QED) is 0.758. The second kappa shape index (κ2) is 8.55. The van der Waals surface area contributed by atoms with E-state index in [0.717, 1.165) is 14.6 Å². The molecule has 2 aromatic carbocycles. The Morgan fingerprint density at radius 2 is 1.55 bits per heavy atom. The highest BCUT2D eigenvalue weighted by atomic mass is 79.9. The molecule has 0 heterocycles. The maximum atomic E-state index is 11.2. The van der Waals surface area contributed by atoms with Gasteiger partial charge in [0.2, 0.25) is 10.0 Å². The lowest BCUT2D eigenvalue weighted by Gasteiger charge is -2.16. The third kappa shape index (κ3) is 6.37. The molecule has 0 saturated heterocycles. The molecule has 0 bridgehead atoms. The predicted octanol–water partition coefficient (Wildman–Crippen LogP) is 4.34. The average molecular weight is 450 g/mol. The fourth-order valence-corrected chi connectivity index (χ4v) is 2.79. The summed E-state index contributed by atoms with van der Waals surface area (Å²) in [6.07, 6.45) is 1.17. The normalized spacial score (nSPS) is 10.4. The van der Waals surface area contributed by atoms with Gasteiger partial charge in [0.05, 0.1) is 11.9 Å². The lowest BCUT2D eigenvalue weighted by atomic mass is 10.3. The highest BCUT2D eigenvalue weighted by Gasteiger charge is 2.11. The zero-order valence-electron chi connectivity index (χ0n) is 12.5. The van der Waals surface area contributed by atoms with Crippen molar-refractivity contribution < 1.29 is 8.42 Å². The van der Waals surface area contributed by atoms with Crippen molar-refractivity contribution in [3.8, 4) is 0 Å². The number of sulfonamides is 1. The van der Waals surface area contributed by atoms with E-state index in [-0.39, 0.29) is 0 Å². The van der Waals surface area contributed by atoms with E-state index in [4.69, 9.17) is 0 Å². The molecule has 120 valence electrons. The van der Waals surface area contributed by atoms with E-state index in [9.17, 15) is 8.42 Å². The van der Waals surface area contributed by atoms with E-state index in [1.807, 2.05) is 37.4 Å². The average Bonchev–Trinajstić information content (AvgIpc) is 2.46. The Bertz CT molecular complexity index is 721. The maximum absolute atomic E-state index is 11.2. The molecule has 0 spiro atoms. The lowest BCUT2D eigenvalue weighted by molar-refractivity contribution is 0.600. The predicted molar refractivity (Wildman–Crippen MR) is 101 cm³/mol. The smallest absolute Gasteiger partial charge is 0.231 e. The summed E-state index contributed by atoms with van der Waals surface area (Å²) in [5.41, 5.74) is 1.78. The standard InChI is InChI=1S/C8H10BrNO2S.C7H8BrN/c1-10(13(2,11)12)8-5-3-4-7(9)6-8;1-9-7-4-2-3-6(8)5-7/h3-6H,1-2H3;2-5,9H,1H3. The van der Waals surface area contributed by atoms with Crippen molar-refractivity contribution >= 4 is 53.3 Å². The molecule has 1 N–H and O–H groups in total. The van der Waals surface area contributed by atoms with Gasteiger partial charge in [0, 0.05) is 28.7 Å². The molecule has 0 unspecified atom stereocenters. The van der Waals surface area contributed by atoms with Crippen molar-refractivity contribution in [3.63, 3.8) is 0 Å². The first kappa shape index (κ1) is 19.0. The van der Waals surface area contributed by atoms with E-state index >= 15 is 0 Å². The highest BCUT2D eigenvalue weighted by molar-refractivity contribution is 9.10. The first-order valence-electron chi connectivity index (χ1n) is 6.37. The number of benzene rings is 2. The molecule has 0 aromatic heterocycles. The number of hydrogen-bond donors (Lipinski definition) is 1. The summed E-state index contributed by atoms with van der Waals surface area (Å²) < 4.78 is 25.5. The Balaban J connectivity index is 0.000000235. The monoisotopic (exact) mass is 448 g/mol. The Morgan fingerprint density at radius 3 is 1.95 bits per heavy atom. The van der Waals surface area contributed by atoms with Crippen molar-refractivity contribution in [1.82, 2.24) is 0 Å². The summed E-state index contributed by atoms with van der Waals surface area (Å²) in [4.78, 5) is 0. The molecular formula is C15H18Br2N2O2S. The van der Waals surface area contributed by atoms with Crippen LogP contribution in [0.25, 0.3) is 0 Å². The fourth-order valence-electron chi connectivity index (χ4n) is 1.51. The second-order valence-corrected chi connectivity index (χ2v) is 8.32. The van der Waals surface area contributed by atoms with E-state index in [1.54, 1.807) is 18.2 Å². The number of nitrogens with zero attached hydrogens (tertiary/aromatic N) is 1. The van der Waals surface area contributed by atoms with Gasteiger partial charge in [0.15, 0.2) is 0 Å². The minimum atomic E-state index is -3.16. The minimum absolute atomic E-state index is 0.650. The number of anilines is 2. The van der Waals surface area contributed by atoms with Crippen LogP contribution in [0.15, 0.2) is 57.5 Å². The van der Waals surface area contributed by atoms with Gasteiger partial charge in [0.25, 0.3) is 0 Å². The Kier molecular flexibility index (Phi) is 7.38. The summed E-state index contributed by atoms with van der Waals surface area (Å²) in [6, 6.07) is 15.2. The van der Waals surface area contributed by atoms with Crippen LogP contribution >= 0.6 is 31.9 Å². The van der Waals surface area contributed by atoms with Crippen LogP contribution in [0.2, 0.25) is 0 Å². The Morgan fingerprint density at radius 1 is 1.00 bits per heavy atom. The fraction of sp³-hybridized carbons (Fsp3) is 0.200. The van der Waals surface area contributed by atoms with Crippen molar-refractivity contribution in [2.24, 2.45) is 0 Å². The zero-order chi connectivity index (χ0) is 16.8. The zero-order valence-corrected chi connectivity index (χ0v) is 16.5. The number of halogens is 2. The Labute approximate surface area is 148 Å². The van der Waals surface area contributed by atoms with Gasteiger partial charge >= 0.3 is 0 Å². The molecule has 0 aliphatic heterocycles. The molecule has 2 aromatic rings. The minimum Gasteiger partial charge on any atom is -0.388 e. The molecule has 0 saturated carbocycles. The van der Waals surface area contributed by atoms with Gasteiger partial charge in [-0.2, -0.15) is 0 Å². The summed E-state index contributed by atoms with van der Waals surface area (Å²) in [5.74, 6) is 0. The molecule has 22 heavy (non-hydrogen) atoms. The molecular weight excluding hydrogens is 432 g/mol. The van der Waals surface area contributed by atoms with Crippen LogP contribution in [0.3, 0.4) is 0 Å². The third-order valence-corrected chi connectivity index (χ3v) is 4.97.